The molecule has 0 saturated heterocycles. The fourth-order valence-corrected chi connectivity index (χ4v) is 2.65. The second-order valence-corrected chi connectivity index (χ2v) is 5.63. The van der Waals surface area contributed by atoms with Gasteiger partial charge in [-0.25, -0.2) is 18.1 Å². The molecule has 0 amide bonds. The monoisotopic (exact) mass is 321 g/mol. The third-order valence-electron chi connectivity index (χ3n) is 2.37. The third-order valence-corrected chi connectivity index (χ3v) is 3.81. The second kappa shape index (κ2) is 5.74. The number of hydrogen-bond donors (Lipinski definition) is 2. The number of hydrogen-bond acceptors (Lipinski definition) is 4. The molecule has 0 aliphatic rings. The van der Waals surface area contributed by atoms with Gasteiger partial charge < -0.3 is 9.72 Å². The number of H-pyrrole nitrogens is 1. The number of aromatic nitrogens is 2. The van der Waals surface area contributed by atoms with Crippen LogP contribution >= 0.6 is 0 Å². The van der Waals surface area contributed by atoms with Gasteiger partial charge in [0.25, 0.3) is 0 Å². The molecule has 2 rings (SSSR count). The molecule has 0 unspecified atom stereocenters. The Balaban J connectivity index is 2.23. The van der Waals surface area contributed by atoms with Gasteiger partial charge in [-0.15, -0.1) is 13.2 Å². The van der Waals surface area contributed by atoms with Crippen molar-refractivity contribution in [2.75, 3.05) is 0 Å². The topological polar surface area (TPSA) is 84.1 Å². The van der Waals surface area contributed by atoms with E-state index in [9.17, 15) is 21.6 Å². The van der Waals surface area contributed by atoms with Crippen molar-refractivity contribution in [3.05, 3.63) is 42.5 Å². The number of sulfonamides is 1. The van der Waals surface area contributed by atoms with Gasteiger partial charge in [-0.2, -0.15) is 0 Å². The van der Waals surface area contributed by atoms with Gasteiger partial charge in [0.05, 0.1) is 12.9 Å². The maximum Gasteiger partial charge on any atom is 0.573 e. The highest BCUT2D eigenvalue weighted by Gasteiger charge is 2.33. The van der Waals surface area contributed by atoms with Crippen molar-refractivity contribution in [2.45, 2.75) is 17.8 Å². The lowest BCUT2D eigenvalue weighted by molar-refractivity contribution is -0.275. The highest BCUT2D eigenvalue weighted by Crippen LogP contribution is 2.29. The van der Waals surface area contributed by atoms with Gasteiger partial charge in [0, 0.05) is 11.9 Å². The van der Waals surface area contributed by atoms with Crippen LogP contribution in [0.5, 0.6) is 5.75 Å². The summed E-state index contributed by atoms with van der Waals surface area (Å²) in [6, 6.07) is 4.50. The molecule has 1 heterocycles. The highest BCUT2D eigenvalue weighted by molar-refractivity contribution is 7.89. The maximum absolute atomic E-state index is 12.3. The average molecular weight is 321 g/mol. The molecule has 0 saturated carbocycles. The number of aromatic amines is 1. The minimum absolute atomic E-state index is 0.136. The number of para-hydroxylation sites is 1. The summed E-state index contributed by atoms with van der Waals surface area (Å²) in [7, 11) is -4.16. The minimum atomic E-state index is -4.98. The van der Waals surface area contributed by atoms with Crippen molar-refractivity contribution >= 4 is 10.0 Å². The van der Waals surface area contributed by atoms with E-state index in [1.54, 1.807) is 0 Å². The summed E-state index contributed by atoms with van der Waals surface area (Å²) < 4.78 is 66.8. The smallest absolute Gasteiger partial charge is 0.404 e. The highest BCUT2D eigenvalue weighted by atomic mass is 32.2. The largest absolute Gasteiger partial charge is 0.573 e. The normalized spacial score (nSPS) is 12.3. The Morgan fingerprint density at radius 1 is 1.29 bits per heavy atom. The molecular formula is C11H10F3N3O3S. The average Bonchev–Trinajstić information content (AvgIpc) is 2.88. The van der Waals surface area contributed by atoms with Crippen LogP contribution in [0, 0.1) is 0 Å². The van der Waals surface area contributed by atoms with E-state index in [1.807, 2.05) is 0 Å². The fraction of sp³-hybridized carbons (Fsp3) is 0.182. The SMILES string of the molecule is O=S(=O)(NCc1cnc[nH]1)c1ccccc1OC(F)(F)F. The van der Waals surface area contributed by atoms with Crippen molar-refractivity contribution in [3.8, 4) is 5.75 Å². The zero-order chi connectivity index (χ0) is 15.5. The first-order valence-electron chi connectivity index (χ1n) is 5.59. The molecule has 0 atom stereocenters. The molecule has 0 fully saturated rings. The summed E-state index contributed by atoms with van der Waals surface area (Å²) in [5.74, 6) is -0.790. The number of ether oxygens (including phenoxy) is 1. The van der Waals surface area contributed by atoms with Crippen LogP contribution in [0.1, 0.15) is 5.69 Å². The zero-order valence-corrected chi connectivity index (χ0v) is 11.2. The number of nitrogens with one attached hydrogen (secondary N) is 2. The van der Waals surface area contributed by atoms with Gasteiger partial charge in [0.15, 0.2) is 0 Å². The van der Waals surface area contributed by atoms with E-state index in [2.05, 4.69) is 19.4 Å². The molecule has 6 nitrogen and oxygen atoms in total. The first-order valence-corrected chi connectivity index (χ1v) is 7.08. The van der Waals surface area contributed by atoms with Crippen LogP contribution in [0.2, 0.25) is 0 Å². The van der Waals surface area contributed by atoms with Gasteiger partial charge in [0.2, 0.25) is 10.0 Å². The van der Waals surface area contributed by atoms with Gasteiger partial charge in [-0.1, -0.05) is 12.1 Å². The van der Waals surface area contributed by atoms with Crippen LogP contribution in [0.15, 0.2) is 41.7 Å². The summed E-state index contributed by atoms with van der Waals surface area (Å²) in [6.07, 6.45) is -2.24. The molecule has 0 aliphatic heterocycles. The van der Waals surface area contributed by atoms with E-state index >= 15 is 0 Å². The van der Waals surface area contributed by atoms with Crippen LogP contribution in [0.4, 0.5) is 13.2 Å². The van der Waals surface area contributed by atoms with E-state index in [1.165, 1.54) is 24.7 Å². The fourth-order valence-electron chi connectivity index (χ4n) is 1.51. The number of nitrogens with zero attached hydrogens (tertiary/aromatic N) is 1. The quantitative estimate of drug-likeness (QED) is 0.879. The number of alkyl halides is 3. The molecule has 1 aromatic heterocycles. The summed E-state index contributed by atoms with van der Waals surface area (Å²) in [5, 5.41) is 0. The van der Waals surface area contributed by atoms with Gasteiger partial charge in [-0.3, -0.25) is 0 Å². The van der Waals surface area contributed by atoms with Crippen LogP contribution in [-0.4, -0.2) is 24.7 Å². The molecule has 1 aromatic carbocycles. The van der Waals surface area contributed by atoms with Crippen molar-refractivity contribution in [1.29, 1.82) is 0 Å². The van der Waals surface area contributed by atoms with E-state index in [0.29, 0.717) is 5.69 Å². The second-order valence-electron chi connectivity index (χ2n) is 3.90. The van der Waals surface area contributed by atoms with Crippen LogP contribution in [0.25, 0.3) is 0 Å². The molecule has 2 N–H and O–H groups in total. The molecular weight excluding hydrogens is 311 g/mol. The Labute approximate surface area is 118 Å². The Bertz CT molecular complexity index is 699. The molecule has 10 heteroatoms. The van der Waals surface area contributed by atoms with Gasteiger partial charge in [0.1, 0.15) is 10.6 Å². The predicted molar refractivity (Wildman–Crippen MR) is 65.7 cm³/mol. The summed E-state index contributed by atoms with van der Waals surface area (Å²) in [5.41, 5.74) is 0.466. The van der Waals surface area contributed by atoms with E-state index in [0.717, 1.165) is 12.1 Å². The summed E-state index contributed by atoms with van der Waals surface area (Å²) >= 11 is 0. The Morgan fingerprint density at radius 3 is 2.62 bits per heavy atom. The van der Waals surface area contributed by atoms with E-state index in [4.69, 9.17) is 0 Å². The number of imidazole rings is 1. The van der Waals surface area contributed by atoms with Gasteiger partial charge >= 0.3 is 6.36 Å². The van der Waals surface area contributed by atoms with Crippen LogP contribution < -0.4 is 9.46 Å². The number of benzene rings is 1. The lowest BCUT2D eigenvalue weighted by Gasteiger charge is -2.13. The molecule has 21 heavy (non-hydrogen) atoms. The Kier molecular flexibility index (Phi) is 4.19. The molecule has 2 aromatic rings. The maximum atomic E-state index is 12.3. The minimum Gasteiger partial charge on any atom is -0.404 e. The van der Waals surface area contributed by atoms with Crippen molar-refractivity contribution in [3.63, 3.8) is 0 Å². The number of rotatable bonds is 5. The Morgan fingerprint density at radius 2 is 2.00 bits per heavy atom. The van der Waals surface area contributed by atoms with Crippen LogP contribution in [-0.2, 0) is 16.6 Å². The lowest BCUT2D eigenvalue weighted by Crippen LogP contribution is -2.25. The predicted octanol–water partition coefficient (Wildman–Crippen LogP) is 1.79. The molecule has 114 valence electrons. The van der Waals surface area contributed by atoms with Crippen LogP contribution in [0.3, 0.4) is 0 Å². The molecule has 0 bridgehead atoms. The van der Waals surface area contributed by atoms with E-state index < -0.39 is 27.0 Å². The number of halogens is 3. The molecule has 0 radical (unpaired) electrons. The lowest BCUT2D eigenvalue weighted by atomic mass is 10.3. The van der Waals surface area contributed by atoms with Gasteiger partial charge in [-0.05, 0) is 12.1 Å². The first kappa shape index (κ1) is 15.3. The third kappa shape index (κ3) is 4.20. The summed E-state index contributed by atoms with van der Waals surface area (Å²) in [4.78, 5) is 5.77. The van der Waals surface area contributed by atoms with Crippen molar-refractivity contribution in [2.24, 2.45) is 0 Å². The zero-order valence-electron chi connectivity index (χ0n) is 10.4. The van der Waals surface area contributed by atoms with Crippen molar-refractivity contribution < 1.29 is 26.3 Å². The molecule has 0 spiro atoms. The summed E-state index contributed by atoms with van der Waals surface area (Å²) in [6.45, 7) is -0.136. The Hall–Kier alpha value is -2.07. The standard InChI is InChI=1S/C11H10F3N3O3S/c12-11(13,14)20-9-3-1-2-4-10(9)21(18,19)17-6-8-5-15-7-16-8/h1-5,7,17H,6H2,(H,15,16). The first-order chi connectivity index (χ1) is 9.78. The van der Waals surface area contributed by atoms with E-state index in [-0.39, 0.29) is 6.54 Å². The molecule has 0 aliphatic carbocycles. The van der Waals surface area contributed by atoms with Crippen molar-refractivity contribution in [1.82, 2.24) is 14.7 Å².